The lowest BCUT2D eigenvalue weighted by Crippen LogP contribution is -2.39. The van der Waals surface area contributed by atoms with Gasteiger partial charge >= 0.3 is 0 Å². The topological polar surface area (TPSA) is 54.4 Å². The molecule has 0 N–H and O–H groups in total. The number of aromatic nitrogens is 3. The Morgan fingerprint density at radius 3 is 2.43 bits per heavy atom. The minimum atomic E-state index is 0.729. The Morgan fingerprint density at radius 1 is 1.11 bits per heavy atom. The fraction of sp³-hybridized carbons (Fsp3) is 0.571. The van der Waals surface area contributed by atoms with E-state index in [-0.39, 0.29) is 0 Å². The molecule has 7 heteroatoms. The van der Waals surface area contributed by atoms with Crippen LogP contribution in [-0.2, 0) is 17.8 Å². The summed E-state index contributed by atoms with van der Waals surface area (Å²) in [4.78, 5) is 18.1. The first-order valence-corrected chi connectivity index (χ1v) is 11.2. The molecule has 3 heterocycles. The lowest BCUT2D eigenvalue weighted by atomic mass is 9.96. The smallest absolute Gasteiger partial charge is 0.187 e. The van der Waals surface area contributed by atoms with Crippen LogP contribution in [0.5, 0.6) is 0 Å². The maximum absolute atomic E-state index is 5.22. The minimum Gasteiger partial charge on any atom is -0.383 e. The summed E-state index contributed by atoms with van der Waals surface area (Å²) >= 11 is 1.58. The van der Waals surface area contributed by atoms with Crippen LogP contribution in [0.3, 0.4) is 0 Å². The van der Waals surface area contributed by atoms with E-state index in [1.165, 1.54) is 37.1 Å². The van der Waals surface area contributed by atoms with Crippen molar-refractivity contribution in [3.05, 3.63) is 48.0 Å². The summed E-state index contributed by atoms with van der Waals surface area (Å²) in [5, 5.41) is 0.827. The lowest BCUT2D eigenvalue weighted by Gasteiger charge is -2.35. The Balaban J connectivity index is 1.59. The Bertz CT molecular complexity index is 677. The zero-order valence-electron chi connectivity index (χ0n) is 17.0. The van der Waals surface area contributed by atoms with Gasteiger partial charge < -0.3 is 9.64 Å². The summed E-state index contributed by atoms with van der Waals surface area (Å²) in [5.74, 6) is 0.729. The lowest BCUT2D eigenvalue weighted by molar-refractivity contribution is 0.103. The summed E-state index contributed by atoms with van der Waals surface area (Å²) in [6.07, 6.45) is 12.2. The van der Waals surface area contributed by atoms with Crippen LogP contribution in [0.2, 0.25) is 0 Å². The number of rotatable bonds is 10. The highest BCUT2D eigenvalue weighted by atomic mass is 32.2. The van der Waals surface area contributed by atoms with E-state index in [1.54, 1.807) is 18.9 Å². The minimum absolute atomic E-state index is 0.729. The van der Waals surface area contributed by atoms with Gasteiger partial charge in [-0.05, 0) is 55.8 Å². The Labute approximate surface area is 172 Å². The van der Waals surface area contributed by atoms with Crippen LogP contribution in [0.4, 0.5) is 0 Å². The number of pyridine rings is 1. The number of thioether (sulfide) groups is 1. The van der Waals surface area contributed by atoms with E-state index < -0.39 is 0 Å². The van der Waals surface area contributed by atoms with Crippen LogP contribution in [0, 0.1) is 5.92 Å². The number of likely N-dealkylation sites (tertiary alicyclic amines) is 1. The molecule has 0 saturated carbocycles. The van der Waals surface area contributed by atoms with E-state index in [2.05, 4.69) is 36.9 Å². The number of hydrogen-bond acceptors (Lipinski definition) is 7. The summed E-state index contributed by atoms with van der Waals surface area (Å²) in [6, 6.07) is 4.21. The average molecular weight is 402 g/mol. The third kappa shape index (κ3) is 6.81. The van der Waals surface area contributed by atoms with Crippen LogP contribution in [0.15, 0.2) is 42.1 Å². The van der Waals surface area contributed by atoms with Crippen LogP contribution >= 0.6 is 11.8 Å². The van der Waals surface area contributed by atoms with Gasteiger partial charge in [-0.1, -0.05) is 11.8 Å². The van der Waals surface area contributed by atoms with Crippen LogP contribution in [-0.4, -0.2) is 70.9 Å². The summed E-state index contributed by atoms with van der Waals surface area (Å²) < 4.78 is 5.22. The van der Waals surface area contributed by atoms with Crippen molar-refractivity contribution in [1.82, 2.24) is 24.8 Å². The van der Waals surface area contributed by atoms with Gasteiger partial charge in [0.1, 0.15) is 0 Å². The fourth-order valence-corrected chi connectivity index (χ4v) is 4.01. The van der Waals surface area contributed by atoms with Gasteiger partial charge in [-0.2, -0.15) is 0 Å². The van der Waals surface area contributed by atoms with Gasteiger partial charge in [0.15, 0.2) is 5.16 Å². The van der Waals surface area contributed by atoms with Crippen molar-refractivity contribution in [2.24, 2.45) is 5.92 Å². The number of hydrogen-bond donors (Lipinski definition) is 0. The molecule has 6 nitrogen and oxygen atoms in total. The van der Waals surface area contributed by atoms with E-state index in [0.717, 1.165) is 43.9 Å². The van der Waals surface area contributed by atoms with Gasteiger partial charge in [-0.25, -0.2) is 9.97 Å². The summed E-state index contributed by atoms with van der Waals surface area (Å²) in [5.41, 5.74) is 2.47. The van der Waals surface area contributed by atoms with Crippen molar-refractivity contribution in [1.29, 1.82) is 0 Å². The predicted octanol–water partition coefficient (Wildman–Crippen LogP) is 2.95. The molecule has 0 bridgehead atoms. The number of ether oxygens (including phenoxy) is 1. The van der Waals surface area contributed by atoms with E-state index in [1.807, 2.05) is 31.0 Å². The molecule has 1 aliphatic heterocycles. The van der Waals surface area contributed by atoms with Gasteiger partial charge in [0, 0.05) is 63.6 Å². The first kappa shape index (κ1) is 21.2. The Morgan fingerprint density at radius 2 is 1.79 bits per heavy atom. The van der Waals surface area contributed by atoms with E-state index >= 15 is 0 Å². The molecule has 1 saturated heterocycles. The number of nitrogens with zero attached hydrogens (tertiary/aromatic N) is 5. The molecule has 0 atom stereocenters. The standard InChI is InChI=1S/C21H31N5OS/c1-27-12-11-25-9-5-19(6-10-25)16-26(15-18-3-7-22-8-4-18)17-20-13-23-21(28-2)24-14-20/h3-4,7-8,13-14,19H,5-6,9-12,15-17H2,1-2H3. The SMILES string of the molecule is COCCN1CCC(CN(Cc2ccncc2)Cc2cnc(SC)nc2)CC1. The molecule has 1 aliphatic rings. The molecule has 0 amide bonds. The van der Waals surface area contributed by atoms with Crippen molar-refractivity contribution >= 4 is 11.8 Å². The second-order valence-corrected chi connectivity index (χ2v) is 8.15. The predicted molar refractivity (Wildman–Crippen MR) is 113 cm³/mol. The highest BCUT2D eigenvalue weighted by molar-refractivity contribution is 7.98. The fourth-order valence-electron chi connectivity index (χ4n) is 3.70. The Kier molecular flexibility index (Phi) is 8.67. The molecule has 3 rings (SSSR count). The second kappa shape index (κ2) is 11.5. The normalized spacial score (nSPS) is 16.0. The van der Waals surface area contributed by atoms with Crippen molar-refractivity contribution in [2.75, 3.05) is 46.2 Å². The van der Waals surface area contributed by atoms with Gasteiger partial charge in [-0.15, -0.1) is 0 Å². The first-order chi connectivity index (χ1) is 13.8. The molecule has 2 aromatic rings. The molecule has 0 aliphatic carbocycles. The van der Waals surface area contributed by atoms with E-state index in [4.69, 9.17) is 4.74 Å². The highest BCUT2D eigenvalue weighted by Gasteiger charge is 2.21. The third-order valence-electron chi connectivity index (χ3n) is 5.26. The summed E-state index contributed by atoms with van der Waals surface area (Å²) in [6.45, 7) is 7.11. The first-order valence-electron chi connectivity index (χ1n) is 9.94. The summed E-state index contributed by atoms with van der Waals surface area (Å²) in [7, 11) is 1.78. The van der Waals surface area contributed by atoms with Gasteiger partial charge in [-0.3, -0.25) is 9.88 Å². The number of methoxy groups -OCH3 is 1. The second-order valence-electron chi connectivity index (χ2n) is 7.38. The van der Waals surface area contributed by atoms with Crippen LogP contribution in [0.25, 0.3) is 0 Å². The molecular weight excluding hydrogens is 370 g/mol. The monoisotopic (exact) mass is 401 g/mol. The average Bonchev–Trinajstić information content (AvgIpc) is 2.74. The van der Waals surface area contributed by atoms with Crippen molar-refractivity contribution < 1.29 is 4.74 Å². The van der Waals surface area contributed by atoms with E-state index in [9.17, 15) is 0 Å². The zero-order valence-corrected chi connectivity index (χ0v) is 17.8. The van der Waals surface area contributed by atoms with Gasteiger partial charge in [0.2, 0.25) is 0 Å². The molecule has 1 fully saturated rings. The maximum atomic E-state index is 5.22. The Hall–Kier alpha value is -1.54. The zero-order chi connectivity index (χ0) is 19.6. The van der Waals surface area contributed by atoms with Gasteiger partial charge in [0.05, 0.1) is 6.61 Å². The molecule has 28 heavy (non-hydrogen) atoms. The van der Waals surface area contributed by atoms with E-state index in [0.29, 0.717) is 0 Å². The van der Waals surface area contributed by atoms with Crippen LogP contribution in [0.1, 0.15) is 24.0 Å². The third-order valence-corrected chi connectivity index (χ3v) is 5.84. The molecule has 0 unspecified atom stereocenters. The highest BCUT2D eigenvalue weighted by Crippen LogP contribution is 2.21. The van der Waals surface area contributed by atoms with Crippen molar-refractivity contribution in [3.8, 4) is 0 Å². The van der Waals surface area contributed by atoms with Crippen molar-refractivity contribution in [3.63, 3.8) is 0 Å². The molecule has 152 valence electrons. The van der Waals surface area contributed by atoms with Crippen LogP contribution < -0.4 is 0 Å². The quantitative estimate of drug-likeness (QED) is 0.448. The van der Waals surface area contributed by atoms with Crippen molar-refractivity contribution in [2.45, 2.75) is 31.1 Å². The molecule has 0 radical (unpaired) electrons. The molecule has 0 aromatic carbocycles. The molecule has 2 aromatic heterocycles. The number of piperidine rings is 1. The molecular formula is C21H31N5OS. The largest absolute Gasteiger partial charge is 0.383 e. The molecule has 0 spiro atoms. The maximum Gasteiger partial charge on any atom is 0.187 e. The van der Waals surface area contributed by atoms with Gasteiger partial charge in [0.25, 0.3) is 0 Å².